The molecule has 0 bridgehead atoms. The number of alkyl carbamates (subject to hydrolysis) is 1. The Morgan fingerprint density at radius 3 is 2.93 bits per heavy atom. The van der Waals surface area contributed by atoms with Gasteiger partial charge in [-0.2, -0.15) is 0 Å². The molecule has 2 N–H and O–H groups in total. The summed E-state index contributed by atoms with van der Waals surface area (Å²) < 4.78 is 4.91. The van der Waals surface area contributed by atoms with Gasteiger partial charge in [0.15, 0.2) is 6.10 Å². The Morgan fingerprint density at radius 2 is 2.43 bits per heavy atom. The molecule has 0 saturated carbocycles. The number of carbonyl (C=O) groups is 2. The lowest BCUT2D eigenvalue weighted by atomic mass is 10.3. The van der Waals surface area contributed by atoms with E-state index in [4.69, 9.17) is 9.84 Å². The predicted molar refractivity (Wildman–Crippen MR) is 48.5 cm³/mol. The van der Waals surface area contributed by atoms with Crippen molar-refractivity contribution < 1.29 is 19.4 Å². The van der Waals surface area contributed by atoms with Crippen molar-refractivity contribution in [3.63, 3.8) is 0 Å². The molecule has 0 aromatic carbocycles. The third-order valence-electron chi connectivity index (χ3n) is 1.84. The van der Waals surface area contributed by atoms with Crippen LogP contribution in [0.15, 0.2) is 12.1 Å². The number of ether oxygens (including phenoxy) is 1. The number of carboxylic acid groups (broad SMARTS) is 1. The SMILES string of the molecule is O=C1NCC(c2ccc(C(=O)O)s2)O1. The fourth-order valence-electron chi connectivity index (χ4n) is 1.19. The number of amides is 1. The average Bonchev–Trinajstić information content (AvgIpc) is 2.70. The lowest BCUT2D eigenvalue weighted by Gasteiger charge is -2.02. The summed E-state index contributed by atoms with van der Waals surface area (Å²) in [5, 5.41) is 11.2. The summed E-state index contributed by atoms with van der Waals surface area (Å²) in [6.07, 6.45) is -0.805. The molecule has 1 saturated heterocycles. The van der Waals surface area contributed by atoms with E-state index < -0.39 is 12.1 Å². The van der Waals surface area contributed by atoms with E-state index in [9.17, 15) is 9.59 Å². The number of hydrogen-bond donors (Lipinski definition) is 2. The van der Waals surface area contributed by atoms with E-state index in [1.165, 1.54) is 6.07 Å². The van der Waals surface area contributed by atoms with E-state index in [0.29, 0.717) is 6.54 Å². The summed E-state index contributed by atoms with van der Waals surface area (Å²) in [5.74, 6) is -0.960. The smallest absolute Gasteiger partial charge is 0.407 e. The van der Waals surface area contributed by atoms with Crippen LogP contribution in [-0.4, -0.2) is 23.7 Å². The zero-order valence-electron chi connectivity index (χ0n) is 7.02. The second kappa shape index (κ2) is 3.30. The standard InChI is InChI=1S/C8H7NO4S/c10-7(11)6-2-1-5(14-6)4-3-9-8(12)13-4/h1-2,4H,3H2,(H,9,12)(H,10,11). The van der Waals surface area contributed by atoms with Crippen molar-refractivity contribution in [3.05, 3.63) is 21.9 Å². The molecule has 0 radical (unpaired) electrons. The van der Waals surface area contributed by atoms with Gasteiger partial charge in [0.1, 0.15) is 4.88 Å². The maximum Gasteiger partial charge on any atom is 0.407 e. The van der Waals surface area contributed by atoms with Crippen LogP contribution in [0, 0.1) is 0 Å². The van der Waals surface area contributed by atoms with Gasteiger partial charge in [-0.3, -0.25) is 0 Å². The fourth-order valence-corrected chi connectivity index (χ4v) is 2.06. The molecule has 2 rings (SSSR count). The minimum atomic E-state index is -0.960. The van der Waals surface area contributed by atoms with Gasteiger partial charge in [-0.1, -0.05) is 0 Å². The van der Waals surface area contributed by atoms with Crippen molar-refractivity contribution in [2.75, 3.05) is 6.54 Å². The van der Waals surface area contributed by atoms with Gasteiger partial charge in [-0.15, -0.1) is 11.3 Å². The van der Waals surface area contributed by atoms with E-state index in [-0.39, 0.29) is 11.0 Å². The Labute approximate surface area is 83.3 Å². The molecule has 0 aliphatic carbocycles. The molecule has 1 atom stereocenters. The van der Waals surface area contributed by atoms with Crippen molar-refractivity contribution in [2.24, 2.45) is 0 Å². The lowest BCUT2D eigenvalue weighted by Crippen LogP contribution is -2.12. The number of carbonyl (C=O) groups excluding carboxylic acids is 1. The quantitative estimate of drug-likeness (QED) is 0.774. The Balaban J connectivity index is 2.17. The number of carboxylic acids is 1. The predicted octanol–water partition coefficient (Wildman–Crippen LogP) is 1.23. The summed E-state index contributed by atoms with van der Waals surface area (Å²) in [4.78, 5) is 22.3. The van der Waals surface area contributed by atoms with Crippen molar-refractivity contribution >= 4 is 23.4 Å². The van der Waals surface area contributed by atoms with Crippen molar-refractivity contribution in [1.29, 1.82) is 0 Å². The summed E-state index contributed by atoms with van der Waals surface area (Å²) in [5.41, 5.74) is 0. The molecule has 1 aliphatic rings. The number of thiophene rings is 1. The highest BCUT2D eigenvalue weighted by molar-refractivity contribution is 7.14. The first-order valence-corrected chi connectivity index (χ1v) is 4.76. The topological polar surface area (TPSA) is 75.6 Å². The normalized spacial score (nSPS) is 20.3. The second-order valence-electron chi connectivity index (χ2n) is 2.78. The van der Waals surface area contributed by atoms with E-state index in [1.807, 2.05) is 0 Å². The third-order valence-corrected chi connectivity index (χ3v) is 3.00. The summed E-state index contributed by atoms with van der Waals surface area (Å²) in [6.45, 7) is 0.401. The van der Waals surface area contributed by atoms with Crippen molar-refractivity contribution in [1.82, 2.24) is 5.32 Å². The van der Waals surface area contributed by atoms with Crippen LogP contribution in [-0.2, 0) is 4.74 Å². The Morgan fingerprint density at radius 1 is 1.64 bits per heavy atom. The molecule has 1 fully saturated rings. The van der Waals surface area contributed by atoms with Gasteiger partial charge in [0.05, 0.1) is 6.54 Å². The molecule has 74 valence electrons. The fraction of sp³-hybridized carbons (Fsp3) is 0.250. The van der Waals surface area contributed by atoms with E-state index in [0.717, 1.165) is 16.2 Å². The van der Waals surface area contributed by atoms with Gasteiger partial charge < -0.3 is 15.2 Å². The summed E-state index contributed by atoms with van der Waals surface area (Å²) >= 11 is 1.12. The number of nitrogens with one attached hydrogen (secondary N) is 1. The first kappa shape index (κ1) is 9.01. The Bertz CT molecular complexity index is 386. The number of hydrogen-bond acceptors (Lipinski definition) is 4. The van der Waals surface area contributed by atoms with Crippen LogP contribution in [0.2, 0.25) is 0 Å². The monoisotopic (exact) mass is 213 g/mol. The van der Waals surface area contributed by atoms with Crippen LogP contribution in [0.25, 0.3) is 0 Å². The molecular weight excluding hydrogens is 206 g/mol. The molecule has 1 amide bonds. The highest BCUT2D eigenvalue weighted by Crippen LogP contribution is 2.27. The molecule has 1 aromatic rings. The van der Waals surface area contributed by atoms with Crippen LogP contribution in [0.1, 0.15) is 20.7 Å². The molecule has 1 unspecified atom stereocenters. The van der Waals surface area contributed by atoms with Gasteiger partial charge in [-0.25, -0.2) is 9.59 Å². The number of aromatic carboxylic acids is 1. The molecule has 1 aromatic heterocycles. The van der Waals surface area contributed by atoms with E-state index in [1.54, 1.807) is 6.07 Å². The Hall–Kier alpha value is -1.56. The average molecular weight is 213 g/mol. The minimum Gasteiger partial charge on any atom is -0.477 e. The van der Waals surface area contributed by atoms with E-state index >= 15 is 0 Å². The van der Waals surface area contributed by atoms with Gasteiger partial charge >= 0.3 is 12.1 Å². The van der Waals surface area contributed by atoms with Gasteiger partial charge in [0.25, 0.3) is 0 Å². The highest BCUT2D eigenvalue weighted by atomic mass is 32.1. The number of rotatable bonds is 2. The third kappa shape index (κ3) is 1.56. The molecular formula is C8H7NO4S. The van der Waals surface area contributed by atoms with Crippen LogP contribution in [0.5, 0.6) is 0 Å². The maximum atomic E-state index is 10.7. The first-order valence-electron chi connectivity index (χ1n) is 3.94. The van der Waals surface area contributed by atoms with Crippen LogP contribution < -0.4 is 5.32 Å². The number of cyclic esters (lactones) is 1. The molecule has 2 heterocycles. The van der Waals surface area contributed by atoms with Gasteiger partial charge in [0.2, 0.25) is 0 Å². The second-order valence-corrected chi connectivity index (χ2v) is 3.90. The van der Waals surface area contributed by atoms with Crippen LogP contribution in [0.3, 0.4) is 0 Å². The van der Waals surface area contributed by atoms with E-state index in [2.05, 4.69) is 5.32 Å². The van der Waals surface area contributed by atoms with Gasteiger partial charge in [0, 0.05) is 4.88 Å². The zero-order chi connectivity index (χ0) is 10.1. The van der Waals surface area contributed by atoms with Crippen molar-refractivity contribution in [2.45, 2.75) is 6.10 Å². The lowest BCUT2D eigenvalue weighted by molar-refractivity contribution is 0.0702. The van der Waals surface area contributed by atoms with Crippen molar-refractivity contribution in [3.8, 4) is 0 Å². The van der Waals surface area contributed by atoms with Crippen LogP contribution >= 0.6 is 11.3 Å². The minimum absolute atomic E-state index is 0.253. The maximum absolute atomic E-state index is 10.7. The molecule has 6 heteroatoms. The highest BCUT2D eigenvalue weighted by Gasteiger charge is 2.26. The van der Waals surface area contributed by atoms with Crippen LogP contribution in [0.4, 0.5) is 4.79 Å². The molecule has 0 spiro atoms. The molecule has 14 heavy (non-hydrogen) atoms. The molecule has 5 nitrogen and oxygen atoms in total. The Kier molecular flexibility index (Phi) is 2.12. The first-order chi connectivity index (χ1) is 6.66. The summed E-state index contributed by atoms with van der Waals surface area (Å²) in [6, 6.07) is 3.17. The van der Waals surface area contributed by atoms with Gasteiger partial charge in [-0.05, 0) is 12.1 Å². The largest absolute Gasteiger partial charge is 0.477 e. The summed E-state index contributed by atoms with van der Waals surface area (Å²) in [7, 11) is 0. The zero-order valence-corrected chi connectivity index (χ0v) is 7.84. The molecule has 1 aliphatic heterocycles.